The first-order chi connectivity index (χ1) is 24.6. The van der Waals surface area contributed by atoms with Gasteiger partial charge in [-0.25, -0.2) is 0 Å². The van der Waals surface area contributed by atoms with Gasteiger partial charge in [0.05, 0.1) is 23.3 Å². The van der Waals surface area contributed by atoms with Crippen LogP contribution >= 0.6 is 0 Å². The first kappa shape index (κ1) is 34.4. The van der Waals surface area contributed by atoms with Gasteiger partial charge in [-0.15, -0.1) is 0 Å². The Morgan fingerprint density at radius 3 is 2.37 bits per heavy atom. The van der Waals surface area contributed by atoms with E-state index in [1.165, 1.54) is 11.2 Å². The molecule has 0 radical (unpaired) electrons. The molecule has 266 valence electrons. The van der Waals surface area contributed by atoms with Crippen molar-refractivity contribution < 1.29 is 43.2 Å². The van der Waals surface area contributed by atoms with Gasteiger partial charge < -0.3 is 29.6 Å². The number of carbonyl (C=O) groups is 6. The first-order valence-corrected chi connectivity index (χ1v) is 17.3. The average molecular weight is 699 g/mol. The monoisotopic (exact) mass is 698 g/mol. The first-order valence-electron chi connectivity index (χ1n) is 17.3. The summed E-state index contributed by atoms with van der Waals surface area (Å²) in [6.45, 7) is 4.68. The summed E-state index contributed by atoms with van der Waals surface area (Å²) in [5, 5.41) is 25.4. The summed E-state index contributed by atoms with van der Waals surface area (Å²) in [6.07, 6.45) is 3.23. The molecular weight excluding hydrogens is 659 g/mol. The van der Waals surface area contributed by atoms with E-state index in [2.05, 4.69) is 20.4 Å². The lowest BCUT2D eigenvalue weighted by Gasteiger charge is -2.39. The van der Waals surface area contributed by atoms with Gasteiger partial charge in [0, 0.05) is 63.3 Å². The molecule has 0 spiro atoms. The molecule has 1 aromatic heterocycles. The minimum Gasteiger partial charge on any atom is -0.464 e. The van der Waals surface area contributed by atoms with Crippen molar-refractivity contribution in [1.82, 2.24) is 25.3 Å². The Morgan fingerprint density at radius 2 is 1.65 bits per heavy atom. The molecule has 4 N–H and O–H groups in total. The van der Waals surface area contributed by atoms with Crippen LogP contribution in [-0.2, 0) is 25.6 Å². The van der Waals surface area contributed by atoms with Gasteiger partial charge >= 0.3 is 18.9 Å². The Morgan fingerprint density at radius 1 is 0.922 bits per heavy atom. The molecule has 7 rings (SSSR count). The van der Waals surface area contributed by atoms with E-state index in [0.717, 1.165) is 48.4 Å². The number of piperazine rings is 1. The molecule has 51 heavy (non-hydrogen) atoms. The lowest BCUT2D eigenvalue weighted by molar-refractivity contribution is -0.147. The molecule has 2 atom stereocenters. The van der Waals surface area contributed by atoms with E-state index in [1.54, 1.807) is 18.2 Å². The minimum atomic E-state index is -1.87. The normalized spacial score (nSPS) is 20.8. The molecule has 0 bridgehead atoms. The SMILES string of the molecule is O=C1CC[C@H](N2C(=O)c3ccc(N4CCN(CC5CCN(C(=O)C(=O)N[C@@H](Cc6coc7ccccc67)B(O)O)CC5)CC4)cc3C2=O)C(=O)N1. The molecule has 15 nitrogen and oxygen atoms in total. The number of fused-ring (bicyclic) bond motifs is 2. The van der Waals surface area contributed by atoms with Gasteiger partial charge in [-0.05, 0) is 61.4 Å². The number of piperidine rings is 2. The van der Waals surface area contributed by atoms with Crippen LogP contribution in [0.2, 0.25) is 0 Å². The predicted molar refractivity (Wildman–Crippen MR) is 183 cm³/mol. The van der Waals surface area contributed by atoms with Crippen LogP contribution in [0, 0.1) is 5.92 Å². The van der Waals surface area contributed by atoms with E-state index < -0.39 is 54.5 Å². The topological polar surface area (TPSA) is 193 Å². The molecule has 0 aliphatic carbocycles. The molecule has 5 heterocycles. The van der Waals surface area contributed by atoms with Gasteiger partial charge in [-0.3, -0.25) is 43.9 Å². The lowest BCUT2D eigenvalue weighted by Crippen LogP contribution is -2.54. The summed E-state index contributed by atoms with van der Waals surface area (Å²) in [7, 11) is -1.87. The fraction of sp³-hybridized carbons (Fsp3) is 0.429. The predicted octanol–water partition coefficient (Wildman–Crippen LogP) is -0.0659. The molecule has 16 heteroatoms. The maximum atomic E-state index is 13.3. The fourth-order valence-corrected chi connectivity index (χ4v) is 7.56. The maximum absolute atomic E-state index is 13.3. The number of hydrogen-bond donors (Lipinski definition) is 4. The zero-order chi connectivity index (χ0) is 35.8. The highest BCUT2D eigenvalue weighted by Gasteiger charge is 2.45. The van der Waals surface area contributed by atoms with Gasteiger partial charge in [0.25, 0.3) is 11.8 Å². The number of amides is 6. The Balaban J connectivity index is 0.870. The van der Waals surface area contributed by atoms with E-state index in [1.807, 2.05) is 24.3 Å². The van der Waals surface area contributed by atoms with E-state index in [-0.39, 0.29) is 30.4 Å². The highest BCUT2D eigenvalue weighted by Crippen LogP contribution is 2.31. The number of para-hydroxylation sites is 1. The van der Waals surface area contributed by atoms with Crippen LogP contribution in [0.25, 0.3) is 11.0 Å². The second-order valence-electron chi connectivity index (χ2n) is 13.7. The zero-order valence-corrected chi connectivity index (χ0v) is 28.0. The second kappa shape index (κ2) is 14.3. The molecule has 2 aromatic carbocycles. The van der Waals surface area contributed by atoms with Crippen LogP contribution in [0.3, 0.4) is 0 Å². The van der Waals surface area contributed by atoms with Crippen LogP contribution < -0.4 is 15.5 Å². The number of anilines is 1. The molecule has 4 aliphatic heterocycles. The van der Waals surface area contributed by atoms with Crippen molar-refractivity contribution in [2.75, 3.05) is 50.7 Å². The standard InChI is InChI=1S/C35H39BN6O9/c43-30-8-7-27(31(44)38-30)42-33(46)25-6-5-23(18-26(25)34(42)47)40-15-13-39(14-16-40)19-21-9-11-41(12-10-21)35(48)32(45)37-29(36(49)50)17-22-20-51-28-4-2-1-3-24(22)28/h1-6,18,20-21,27,29,49-50H,7-17,19H2,(H,37,45)(H,38,43,44)/t27-,29-/m0/s1. The number of imide groups is 2. The highest BCUT2D eigenvalue weighted by molar-refractivity contribution is 6.45. The lowest BCUT2D eigenvalue weighted by atomic mass is 9.76. The van der Waals surface area contributed by atoms with Crippen LogP contribution in [0.15, 0.2) is 53.1 Å². The summed E-state index contributed by atoms with van der Waals surface area (Å²) < 4.78 is 5.52. The van der Waals surface area contributed by atoms with E-state index in [0.29, 0.717) is 43.2 Å². The molecule has 3 saturated heterocycles. The van der Waals surface area contributed by atoms with E-state index >= 15 is 0 Å². The smallest absolute Gasteiger partial charge is 0.464 e. The van der Waals surface area contributed by atoms with Crippen LogP contribution in [0.5, 0.6) is 0 Å². The number of furan rings is 1. The maximum Gasteiger partial charge on any atom is 0.475 e. The number of likely N-dealkylation sites (tertiary alicyclic amines) is 1. The summed E-state index contributed by atoms with van der Waals surface area (Å²) in [5.74, 6) is -4.43. The summed E-state index contributed by atoms with van der Waals surface area (Å²) >= 11 is 0. The van der Waals surface area contributed by atoms with Crippen LogP contribution in [0.1, 0.15) is 52.0 Å². The molecular formula is C35H39BN6O9. The Labute approximate surface area is 293 Å². The van der Waals surface area contributed by atoms with Crippen molar-refractivity contribution in [3.05, 3.63) is 65.4 Å². The minimum absolute atomic E-state index is 0.0668. The molecule has 6 amide bonds. The third-order valence-corrected chi connectivity index (χ3v) is 10.5. The Kier molecular flexibility index (Phi) is 9.64. The number of rotatable bonds is 8. The molecule has 0 unspecified atom stereocenters. The largest absolute Gasteiger partial charge is 0.475 e. The van der Waals surface area contributed by atoms with Crippen molar-refractivity contribution in [1.29, 1.82) is 0 Å². The van der Waals surface area contributed by atoms with Gasteiger partial charge in [0.1, 0.15) is 11.6 Å². The van der Waals surface area contributed by atoms with Gasteiger partial charge in [0.15, 0.2) is 0 Å². The fourth-order valence-electron chi connectivity index (χ4n) is 7.56. The molecule has 4 aliphatic rings. The van der Waals surface area contributed by atoms with E-state index in [9.17, 15) is 38.8 Å². The Bertz CT molecular complexity index is 1880. The van der Waals surface area contributed by atoms with Crippen molar-refractivity contribution in [2.24, 2.45) is 5.92 Å². The molecule has 0 saturated carbocycles. The average Bonchev–Trinajstić information content (AvgIpc) is 3.65. The van der Waals surface area contributed by atoms with Gasteiger partial charge in [0.2, 0.25) is 11.8 Å². The molecule has 3 aromatic rings. The zero-order valence-electron chi connectivity index (χ0n) is 28.0. The molecule has 3 fully saturated rings. The van der Waals surface area contributed by atoms with Crippen LogP contribution in [-0.4, -0.2) is 125 Å². The third kappa shape index (κ3) is 6.98. The van der Waals surface area contributed by atoms with Crippen molar-refractivity contribution in [3.63, 3.8) is 0 Å². The third-order valence-electron chi connectivity index (χ3n) is 10.5. The van der Waals surface area contributed by atoms with Crippen LogP contribution in [0.4, 0.5) is 5.69 Å². The van der Waals surface area contributed by atoms with Crippen molar-refractivity contribution in [3.8, 4) is 0 Å². The van der Waals surface area contributed by atoms with Gasteiger partial charge in [-0.2, -0.15) is 0 Å². The van der Waals surface area contributed by atoms with Crippen molar-refractivity contribution in [2.45, 2.75) is 44.1 Å². The second-order valence-corrected chi connectivity index (χ2v) is 13.7. The summed E-state index contributed by atoms with van der Waals surface area (Å²) in [6, 6.07) is 11.5. The van der Waals surface area contributed by atoms with Gasteiger partial charge in [-0.1, -0.05) is 18.2 Å². The number of carbonyl (C=O) groups excluding carboxylic acids is 6. The number of nitrogens with one attached hydrogen (secondary N) is 2. The number of hydrogen-bond acceptors (Lipinski definition) is 11. The van der Waals surface area contributed by atoms with E-state index in [4.69, 9.17) is 4.42 Å². The quantitative estimate of drug-likeness (QED) is 0.140. The Hall–Kier alpha value is -5.06. The highest BCUT2D eigenvalue weighted by atomic mass is 16.4. The van der Waals surface area contributed by atoms with Crippen molar-refractivity contribution >= 4 is 59.2 Å². The summed E-state index contributed by atoms with van der Waals surface area (Å²) in [4.78, 5) is 83.2. The number of benzene rings is 2. The number of nitrogens with zero attached hydrogens (tertiary/aromatic N) is 4. The summed E-state index contributed by atoms with van der Waals surface area (Å²) in [5.41, 5.74) is 2.66.